The SMILES string of the molecule is CCCCCCCC(=O)N(C1CCCCC1)C1CC(C(=O)NCCO)=CC(Oc2ccccc2I)C1O. The summed E-state index contributed by atoms with van der Waals surface area (Å²) in [4.78, 5) is 28.6. The largest absolute Gasteiger partial charge is 0.482 e. The highest BCUT2D eigenvalue weighted by Crippen LogP contribution is 2.34. The number of rotatable bonds is 13. The van der Waals surface area contributed by atoms with Crippen LogP contribution in [0, 0.1) is 3.57 Å². The number of nitrogens with one attached hydrogen (secondary N) is 1. The maximum Gasteiger partial charge on any atom is 0.247 e. The molecule has 0 aromatic heterocycles. The van der Waals surface area contributed by atoms with Crippen LogP contribution in [0.25, 0.3) is 0 Å². The number of halogens is 1. The van der Waals surface area contributed by atoms with Gasteiger partial charge in [0.15, 0.2) is 0 Å². The van der Waals surface area contributed by atoms with E-state index in [4.69, 9.17) is 4.74 Å². The summed E-state index contributed by atoms with van der Waals surface area (Å²) in [5, 5.41) is 23.5. The van der Waals surface area contributed by atoms with Crippen molar-refractivity contribution in [2.45, 2.75) is 108 Å². The van der Waals surface area contributed by atoms with Crippen molar-refractivity contribution in [3.8, 4) is 5.75 Å². The van der Waals surface area contributed by atoms with Gasteiger partial charge in [0.2, 0.25) is 11.8 Å². The standard InChI is InChI=1S/C29H43IN2O5/c1-2-3-4-5-9-16-27(34)32(22-12-7-6-8-13-22)24-19-21(29(36)31-17-18-33)20-26(28(24)35)37-25-15-11-10-14-23(25)30/h10-11,14-15,20,22,24,26,28,33,35H,2-9,12-13,16-19H2,1H3,(H,31,36). The summed E-state index contributed by atoms with van der Waals surface area (Å²) in [6.07, 6.45) is 11.1. The first-order valence-electron chi connectivity index (χ1n) is 14.0. The van der Waals surface area contributed by atoms with Crippen LogP contribution >= 0.6 is 22.6 Å². The van der Waals surface area contributed by atoms with Gasteiger partial charge >= 0.3 is 0 Å². The van der Waals surface area contributed by atoms with Crippen LogP contribution in [0.15, 0.2) is 35.9 Å². The van der Waals surface area contributed by atoms with Crippen LogP contribution in [-0.2, 0) is 9.59 Å². The molecule has 8 heteroatoms. The number of nitrogens with zero attached hydrogens (tertiary/aromatic N) is 1. The van der Waals surface area contributed by atoms with Gasteiger partial charge in [0.05, 0.1) is 16.2 Å². The predicted molar refractivity (Wildman–Crippen MR) is 153 cm³/mol. The maximum atomic E-state index is 13.7. The Kier molecular flexibility index (Phi) is 12.7. The summed E-state index contributed by atoms with van der Waals surface area (Å²) < 4.78 is 7.16. The fraction of sp³-hybridized carbons (Fsp3) is 0.655. The van der Waals surface area contributed by atoms with Crippen molar-refractivity contribution >= 4 is 34.4 Å². The Bertz CT molecular complexity index is 902. The van der Waals surface area contributed by atoms with E-state index in [1.807, 2.05) is 29.2 Å². The number of benzene rings is 1. The minimum absolute atomic E-state index is 0.0638. The first kappa shape index (κ1) is 29.9. The summed E-state index contributed by atoms with van der Waals surface area (Å²) in [7, 11) is 0. The molecule has 3 atom stereocenters. The lowest BCUT2D eigenvalue weighted by Crippen LogP contribution is -2.58. The smallest absolute Gasteiger partial charge is 0.247 e. The van der Waals surface area contributed by atoms with Crippen LogP contribution in [0.3, 0.4) is 0 Å². The van der Waals surface area contributed by atoms with Gasteiger partial charge in [-0.2, -0.15) is 0 Å². The van der Waals surface area contributed by atoms with Gasteiger partial charge in [-0.3, -0.25) is 9.59 Å². The van der Waals surface area contributed by atoms with E-state index in [9.17, 15) is 19.8 Å². The van der Waals surface area contributed by atoms with Gasteiger partial charge in [0.1, 0.15) is 18.0 Å². The number of ether oxygens (including phenoxy) is 1. The van der Waals surface area contributed by atoms with E-state index < -0.39 is 18.2 Å². The third-order valence-electron chi connectivity index (χ3n) is 7.42. The molecule has 0 aliphatic heterocycles. The van der Waals surface area contributed by atoms with Crippen molar-refractivity contribution in [2.24, 2.45) is 0 Å². The molecule has 3 unspecified atom stereocenters. The van der Waals surface area contributed by atoms with Crippen molar-refractivity contribution in [1.82, 2.24) is 10.2 Å². The molecule has 2 aliphatic rings. The van der Waals surface area contributed by atoms with Gasteiger partial charge in [0, 0.05) is 31.0 Å². The monoisotopic (exact) mass is 626 g/mol. The van der Waals surface area contributed by atoms with Crippen molar-refractivity contribution in [3.05, 3.63) is 39.5 Å². The van der Waals surface area contributed by atoms with E-state index in [1.54, 1.807) is 6.08 Å². The molecular formula is C29H43IN2O5. The van der Waals surface area contributed by atoms with Crippen molar-refractivity contribution < 1.29 is 24.5 Å². The summed E-state index contributed by atoms with van der Waals surface area (Å²) in [5.74, 6) is 0.404. The zero-order valence-corrected chi connectivity index (χ0v) is 24.2. The van der Waals surface area contributed by atoms with E-state index in [0.29, 0.717) is 17.7 Å². The van der Waals surface area contributed by atoms with Crippen LogP contribution in [0.1, 0.15) is 84.0 Å². The lowest BCUT2D eigenvalue weighted by molar-refractivity contribution is -0.143. The minimum Gasteiger partial charge on any atom is -0.482 e. The van der Waals surface area contributed by atoms with Crippen LogP contribution < -0.4 is 10.1 Å². The van der Waals surface area contributed by atoms with E-state index in [-0.39, 0.29) is 37.4 Å². The molecule has 206 valence electrons. The molecule has 3 N–H and O–H groups in total. The lowest BCUT2D eigenvalue weighted by Gasteiger charge is -2.45. The number of hydrogen-bond acceptors (Lipinski definition) is 5. The zero-order chi connectivity index (χ0) is 26.6. The van der Waals surface area contributed by atoms with Crippen LogP contribution in [0.4, 0.5) is 0 Å². The molecule has 0 spiro atoms. The molecule has 2 aliphatic carbocycles. The Morgan fingerprint density at radius 2 is 1.84 bits per heavy atom. The Balaban J connectivity index is 1.87. The molecule has 0 heterocycles. The third-order valence-corrected chi connectivity index (χ3v) is 8.31. The number of carbonyl (C=O) groups is 2. The van der Waals surface area contributed by atoms with Gasteiger partial charge in [-0.1, -0.05) is 64.0 Å². The molecule has 7 nitrogen and oxygen atoms in total. The number of unbranched alkanes of at least 4 members (excludes halogenated alkanes) is 4. The molecule has 37 heavy (non-hydrogen) atoms. The fourth-order valence-corrected chi connectivity index (χ4v) is 5.98. The Labute approximate surface area is 235 Å². The molecule has 1 aromatic rings. The first-order valence-corrected chi connectivity index (χ1v) is 15.0. The average molecular weight is 627 g/mol. The topological polar surface area (TPSA) is 99.1 Å². The minimum atomic E-state index is -0.962. The number of carbonyl (C=O) groups excluding carboxylic acids is 2. The molecule has 1 fully saturated rings. The molecule has 0 bridgehead atoms. The van der Waals surface area contributed by atoms with E-state index >= 15 is 0 Å². The molecule has 0 saturated heterocycles. The van der Waals surface area contributed by atoms with Gasteiger partial charge in [-0.25, -0.2) is 0 Å². The Morgan fingerprint density at radius 3 is 2.54 bits per heavy atom. The highest BCUT2D eigenvalue weighted by molar-refractivity contribution is 14.1. The first-order chi connectivity index (χ1) is 18.0. The summed E-state index contributed by atoms with van der Waals surface area (Å²) in [6, 6.07) is 7.09. The number of aliphatic hydroxyl groups excluding tert-OH is 2. The second kappa shape index (κ2) is 15.7. The molecule has 2 amide bonds. The Hall–Kier alpha value is -1.65. The van der Waals surface area contributed by atoms with E-state index in [0.717, 1.165) is 61.4 Å². The van der Waals surface area contributed by atoms with Crippen molar-refractivity contribution in [1.29, 1.82) is 0 Å². The predicted octanol–water partition coefficient (Wildman–Crippen LogP) is 4.73. The maximum absolute atomic E-state index is 13.7. The summed E-state index contributed by atoms with van der Waals surface area (Å²) in [5.41, 5.74) is 0.483. The molecule has 1 aromatic carbocycles. The molecular weight excluding hydrogens is 583 g/mol. The summed E-state index contributed by atoms with van der Waals surface area (Å²) in [6.45, 7) is 2.17. The average Bonchev–Trinajstić information content (AvgIpc) is 2.91. The molecule has 0 radical (unpaired) electrons. The normalized spacial score (nSPS) is 22.3. The Morgan fingerprint density at radius 1 is 1.11 bits per heavy atom. The number of hydrogen-bond donors (Lipinski definition) is 3. The number of aliphatic hydroxyl groups is 2. The van der Waals surface area contributed by atoms with Gasteiger partial charge in [0.25, 0.3) is 0 Å². The zero-order valence-electron chi connectivity index (χ0n) is 22.0. The third kappa shape index (κ3) is 8.68. The van der Waals surface area contributed by atoms with Crippen molar-refractivity contribution in [2.75, 3.05) is 13.2 Å². The molecule has 3 rings (SSSR count). The van der Waals surface area contributed by atoms with E-state index in [2.05, 4.69) is 34.8 Å². The lowest BCUT2D eigenvalue weighted by atomic mass is 9.85. The van der Waals surface area contributed by atoms with Crippen LogP contribution in [0.2, 0.25) is 0 Å². The van der Waals surface area contributed by atoms with Crippen molar-refractivity contribution in [3.63, 3.8) is 0 Å². The molecule has 1 saturated carbocycles. The van der Waals surface area contributed by atoms with E-state index in [1.165, 1.54) is 6.42 Å². The van der Waals surface area contributed by atoms with Gasteiger partial charge in [-0.15, -0.1) is 0 Å². The second-order valence-electron chi connectivity index (χ2n) is 10.2. The number of amides is 2. The highest BCUT2D eigenvalue weighted by Gasteiger charge is 2.43. The quantitative estimate of drug-likeness (QED) is 0.217. The highest BCUT2D eigenvalue weighted by atomic mass is 127. The van der Waals surface area contributed by atoms with Crippen LogP contribution in [-0.4, -0.2) is 64.4 Å². The van der Waals surface area contributed by atoms with Gasteiger partial charge in [-0.05, 0) is 60.1 Å². The second-order valence-corrected chi connectivity index (χ2v) is 11.4. The fourth-order valence-electron chi connectivity index (χ4n) is 5.46. The summed E-state index contributed by atoms with van der Waals surface area (Å²) >= 11 is 2.19. The van der Waals surface area contributed by atoms with Crippen LogP contribution in [0.5, 0.6) is 5.75 Å². The van der Waals surface area contributed by atoms with Gasteiger partial charge < -0.3 is 25.2 Å². The number of para-hydroxylation sites is 1.